The van der Waals surface area contributed by atoms with Gasteiger partial charge in [-0.15, -0.1) is 12.4 Å². The second-order valence-electron chi connectivity index (χ2n) is 6.97. The summed E-state index contributed by atoms with van der Waals surface area (Å²) in [6, 6.07) is 4.99. The second-order valence-corrected chi connectivity index (χ2v) is 8.68. The van der Waals surface area contributed by atoms with Crippen LogP contribution in [0.4, 0.5) is 5.69 Å². The van der Waals surface area contributed by atoms with Crippen LogP contribution in [-0.2, 0) is 19.6 Å². The lowest BCUT2D eigenvalue weighted by atomic mass is 10.0. The monoisotopic (exact) mass is 416 g/mol. The van der Waals surface area contributed by atoms with Crippen LogP contribution in [0.3, 0.4) is 0 Å². The van der Waals surface area contributed by atoms with Crippen molar-refractivity contribution in [2.45, 2.75) is 24.8 Å². The van der Waals surface area contributed by atoms with E-state index in [2.05, 4.69) is 15.4 Å². The van der Waals surface area contributed by atoms with Crippen molar-refractivity contribution in [1.82, 2.24) is 14.9 Å². The van der Waals surface area contributed by atoms with Gasteiger partial charge in [0.05, 0.1) is 10.9 Å². The highest BCUT2D eigenvalue weighted by Crippen LogP contribution is 2.26. The number of fused-ring (bicyclic) bond motifs is 1. The Kier molecular flexibility index (Phi) is 6.85. The van der Waals surface area contributed by atoms with E-state index >= 15 is 0 Å². The minimum absolute atomic E-state index is 0. The fourth-order valence-electron chi connectivity index (χ4n) is 3.58. The summed E-state index contributed by atoms with van der Waals surface area (Å²) in [5, 5.41) is 5.89. The summed E-state index contributed by atoms with van der Waals surface area (Å²) in [5.74, 6) is 0.495. The van der Waals surface area contributed by atoms with Crippen LogP contribution in [-0.4, -0.2) is 57.4 Å². The van der Waals surface area contributed by atoms with Crippen molar-refractivity contribution in [2.75, 3.05) is 31.5 Å². The van der Waals surface area contributed by atoms with Crippen LogP contribution >= 0.6 is 12.4 Å². The summed E-state index contributed by atoms with van der Waals surface area (Å²) >= 11 is 0. The molecule has 2 amide bonds. The number of carbonyl (C=O) groups excluding carboxylic acids is 2. The number of sulfonamides is 1. The van der Waals surface area contributed by atoms with Crippen molar-refractivity contribution in [3.05, 3.63) is 24.3 Å². The van der Waals surface area contributed by atoms with Crippen LogP contribution in [0, 0.1) is 11.8 Å². The minimum Gasteiger partial charge on any atom is -0.341 e. The molecule has 1 unspecified atom stereocenters. The largest absolute Gasteiger partial charge is 0.341 e. The maximum absolute atomic E-state index is 12.6. The number of hydrogen-bond acceptors (Lipinski definition) is 5. The molecule has 10 heteroatoms. The van der Waals surface area contributed by atoms with Crippen LogP contribution < -0.4 is 15.4 Å². The first kappa shape index (κ1) is 21.6. The molecule has 2 fully saturated rings. The van der Waals surface area contributed by atoms with E-state index in [0.717, 1.165) is 13.1 Å². The van der Waals surface area contributed by atoms with Crippen LogP contribution in [0.5, 0.6) is 0 Å². The number of benzene rings is 1. The van der Waals surface area contributed by atoms with Crippen LogP contribution in [0.2, 0.25) is 0 Å². The first-order valence-corrected chi connectivity index (χ1v) is 10.1. The summed E-state index contributed by atoms with van der Waals surface area (Å²) in [6.45, 7) is 6.12. The molecule has 0 saturated carbocycles. The molecule has 0 spiro atoms. The lowest BCUT2D eigenvalue weighted by molar-refractivity contribution is -0.131. The zero-order valence-corrected chi connectivity index (χ0v) is 16.9. The van der Waals surface area contributed by atoms with E-state index in [-0.39, 0.29) is 29.1 Å². The standard InChI is InChI=1S/C17H24N4O4S.ClH/c1-11(17(23)21-9-13-7-18-8-14(13)10-21)20-26(24,25)16-5-3-15(4-6-16)19-12(2)22;/h3-6,11,13-14,18,20H,7-10H2,1-2H3,(H,19,22);1H/t11?,13-,14+;. The maximum atomic E-state index is 12.6. The predicted octanol–water partition coefficient (Wildman–Crippen LogP) is 0.411. The summed E-state index contributed by atoms with van der Waals surface area (Å²) in [7, 11) is -3.82. The van der Waals surface area contributed by atoms with Gasteiger partial charge in [-0.1, -0.05) is 0 Å². The topological polar surface area (TPSA) is 108 Å². The number of likely N-dealkylation sites (tertiary alicyclic amines) is 1. The molecule has 3 N–H and O–H groups in total. The minimum atomic E-state index is -3.82. The third-order valence-electron chi connectivity index (χ3n) is 4.89. The Hall–Kier alpha value is -1.68. The number of halogens is 1. The first-order valence-electron chi connectivity index (χ1n) is 8.66. The van der Waals surface area contributed by atoms with Gasteiger partial charge in [-0.2, -0.15) is 4.72 Å². The number of nitrogens with one attached hydrogen (secondary N) is 3. The van der Waals surface area contributed by atoms with Gasteiger partial charge in [-0.05, 0) is 43.0 Å². The van der Waals surface area contributed by atoms with E-state index in [1.807, 2.05) is 0 Å². The van der Waals surface area contributed by atoms with E-state index in [9.17, 15) is 18.0 Å². The van der Waals surface area contributed by atoms with E-state index < -0.39 is 16.1 Å². The zero-order valence-electron chi connectivity index (χ0n) is 15.3. The number of nitrogens with zero attached hydrogens (tertiary/aromatic N) is 1. The molecule has 1 aromatic carbocycles. The smallest absolute Gasteiger partial charge is 0.241 e. The molecule has 150 valence electrons. The number of hydrogen-bond donors (Lipinski definition) is 3. The molecule has 2 saturated heterocycles. The Morgan fingerprint density at radius 1 is 1.15 bits per heavy atom. The molecule has 3 rings (SSSR count). The summed E-state index contributed by atoms with van der Waals surface area (Å²) in [5.41, 5.74) is 0.512. The van der Waals surface area contributed by atoms with Gasteiger partial charge in [0.25, 0.3) is 0 Å². The Balaban J connectivity index is 0.00000261. The number of rotatable bonds is 5. The lowest BCUT2D eigenvalue weighted by Gasteiger charge is -2.22. The third-order valence-corrected chi connectivity index (χ3v) is 6.45. The quantitative estimate of drug-likeness (QED) is 0.644. The highest BCUT2D eigenvalue weighted by Gasteiger charge is 2.39. The molecule has 2 heterocycles. The highest BCUT2D eigenvalue weighted by molar-refractivity contribution is 7.89. The van der Waals surface area contributed by atoms with Gasteiger partial charge in [0, 0.05) is 38.8 Å². The summed E-state index contributed by atoms with van der Waals surface area (Å²) in [4.78, 5) is 25.4. The van der Waals surface area contributed by atoms with Gasteiger partial charge >= 0.3 is 0 Å². The molecular formula is C17H25ClN4O4S. The van der Waals surface area contributed by atoms with Gasteiger partial charge in [0.2, 0.25) is 21.8 Å². The molecule has 1 aromatic rings. The molecule has 0 aromatic heterocycles. The van der Waals surface area contributed by atoms with Crippen LogP contribution in [0.1, 0.15) is 13.8 Å². The fourth-order valence-corrected chi connectivity index (χ4v) is 4.78. The normalized spacial score (nSPS) is 22.7. The van der Waals surface area contributed by atoms with E-state index in [1.165, 1.54) is 31.2 Å². The van der Waals surface area contributed by atoms with Gasteiger partial charge in [-0.25, -0.2) is 8.42 Å². The van der Waals surface area contributed by atoms with Gasteiger partial charge in [-0.3, -0.25) is 9.59 Å². The van der Waals surface area contributed by atoms with Crippen molar-refractivity contribution in [1.29, 1.82) is 0 Å². The van der Waals surface area contributed by atoms with E-state index in [1.54, 1.807) is 11.8 Å². The number of anilines is 1. The third kappa shape index (κ3) is 4.98. The SMILES string of the molecule is CC(=O)Nc1ccc(S(=O)(=O)NC(C)C(=O)N2C[C@H]3CNC[C@H]3C2)cc1.Cl. The number of amides is 2. The second kappa shape index (κ2) is 8.55. The van der Waals surface area contributed by atoms with Crippen molar-refractivity contribution in [3.8, 4) is 0 Å². The average Bonchev–Trinajstić information content (AvgIpc) is 3.15. The average molecular weight is 417 g/mol. The van der Waals surface area contributed by atoms with Crippen molar-refractivity contribution < 1.29 is 18.0 Å². The molecule has 2 aliphatic heterocycles. The van der Waals surface area contributed by atoms with Crippen LogP contribution in [0.25, 0.3) is 0 Å². The zero-order chi connectivity index (χ0) is 18.9. The molecular weight excluding hydrogens is 392 g/mol. The lowest BCUT2D eigenvalue weighted by Crippen LogP contribution is -2.46. The molecule has 27 heavy (non-hydrogen) atoms. The van der Waals surface area contributed by atoms with Crippen molar-refractivity contribution >= 4 is 39.9 Å². The first-order chi connectivity index (χ1) is 12.3. The van der Waals surface area contributed by atoms with E-state index in [4.69, 9.17) is 0 Å². The molecule has 3 atom stereocenters. The summed E-state index contributed by atoms with van der Waals surface area (Å²) < 4.78 is 27.5. The molecule has 2 aliphatic rings. The Morgan fingerprint density at radius 2 is 1.70 bits per heavy atom. The van der Waals surface area contributed by atoms with Gasteiger partial charge < -0.3 is 15.5 Å². The summed E-state index contributed by atoms with van der Waals surface area (Å²) in [6.07, 6.45) is 0. The van der Waals surface area contributed by atoms with Crippen molar-refractivity contribution in [2.24, 2.45) is 11.8 Å². The predicted molar refractivity (Wildman–Crippen MR) is 104 cm³/mol. The number of carbonyl (C=O) groups is 2. The Labute approximate surface area is 165 Å². The molecule has 0 aliphatic carbocycles. The molecule has 0 radical (unpaired) electrons. The highest BCUT2D eigenvalue weighted by atomic mass is 35.5. The fraction of sp³-hybridized carbons (Fsp3) is 0.529. The molecule has 0 bridgehead atoms. The molecule has 8 nitrogen and oxygen atoms in total. The van der Waals surface area contributed by atoms with Crippen molar-refractivity contribution in [3.63, 3.8) is 0 Å². The van der Waals surface area contributed by atoms with Crippen LogP contribution in [0.15, 0.2) is 29.2 Å². The van der Waals surface area contributed by atoms with Gasteiger partial charge in [0.15, 0.2) is 0 Å². The maximum Gasteiger partial charge on any atom is 0.241 e. The van der Waals surface area contributed by atoms with E-state index in [0.29, 0.717) is 30.6 Å². The Morgan fingerprint density at radius 3 is 2.22 bits per heavy atom. The van der Waals surface area contributed by atoms with Gasteiger partial charge in [0.1, 0.15) is 0 Å². The Bertz CT molecular complexity index is 788.